The second-order valence-corrected chi connectivity index (χ2v) is 6.27. The zero-order valence-corrected chi connectivity index (χ0v) is 12.4. The molecule has 0 bridgehead atoms. The molecule has 1 saturated heterocycles. The Morgan fingerprint density at radius 2 is 1.83 bits per heavy atom. The number of nitrogens with zero attached hydrogens (tertiary/aromatic N) is 1. The lowest BCUT2D eigenvalue weighted by Gasteiger charge is -2.35. The molecule has 2 nitrogen and oxygen atoms in total. The lowest BCUT2D eigenvalue weighted by atomic mass is 9.88. The summed E-state index contributed by atoms with van der Waals surface area (Å²) in [6, 6.07) is 3.84. The van der Waals surface area contributed by atoms with Crippen molar-refractivity contribution in [1.29, 1.82) is 0 Å². The monoisotopic (exact) mass is 286 g/mol. The molecule has 1 fully saturated rings. The molecule has 0 amide bonds. The van der Waals surface area contributed by atoms with Gasteiger partial charge in [-0.25, -0.2) is 0 Å². The molecule has 1 aromatic rings. The van der Waals surface area contributed by atoms with Gasteiger partial charge in [0.2, 0.25) is 0 Å². The van der Waals surface area contributed by atoms with E-state index in [0.29, 0.717) is 15.7 Å². The number of anilines is 1. The van der Waals surface area contributed by atoms with Crippen LogP contribution in [0.2, 0.25) is 10.0 Å². The van der Waals surface area contributed by atoms with Gasteiger partial charge in [0.25, 0.3) is 0 Å². The summed E-state index contributed by atoms with van der Waals surface area (Å²) in [6.45, 7) is 7.83. The number of hydrogen-bond donors (Lipinski definition) is 1. The summed E-state index contributed by atoms with van der Waals surface area (Å²) in [6.07, 6.45) is 1.26. The van der Waals surface area contributed by atoms with Crippen molar-refractivity contribution in [3.05, 3.63) is 27.7 Å². The van der Waals surface area contributed by atoms with Crippen molar-refractivity contribution >= 4 is 28.9 Å². The molecule has 18 heavy (non-hydrogen) atoms. The third kappa shape index (κ3) is 3.11. The van der Waals surface area contributed by atoms with Crippen LogP contribution in [0, 0.1) is 11.8 Å². The molecule has 0 spiro atoms. The molecule has 1 aliphatic rings. The summed E-state index contributed by atoms with van der Waals surface area (Å²) in [5.74, 6) is 1.57. The zero-order valence-electron chi connectivity index (χ0n) is 10.9. The van der Waals surface area contributed by atoms with Gasteiger partial charge in [-0.1, -0.05) is 37.0 Å². The van der Waals surface area contributed by atoms with Crippen LogP contribution in [-0.4, -0.2) is 18.0 Å². The van der Waals surface area contributed by atoms with Gasteiger partial charge >= 0.3 is 0 Å². The van der Waals surface area contributed by atoms with Crippen molar-refractivity contribution in [1.82, 2.24) is 4.90 Å². The number of likely N-dealkylation sites (tertiary alicyclic amines) is 1. The first-order valence-corrected chi connectivity index (χ1v) is 7.18. The van der Waals surface area contributed by atoms with Crippen LogP contribution in [0.15, 0.2) is 12.1 Å². The van der Waals surface area contributed by atoms with Gasteiger partial charge in [0.15, 0.2) is 0 Å². The Morgan fingerprint density at radius 3 is 2.39 bits per heavy atom. The van der Waals surface area contributed by atoms with Crippen LogP contribution in [0.5, 0.6) is 0 Å². The number of nitrogens with two attached hydrogens (primary N) is 1. The Bertz CT molecular complexity index is 411. The van der Waals surface area contributed by atoms with Gasteiger partial charge in [-0.05, 0) is 42.5 Å². The van der Waals surface area contributed by atoms with Crippen molar-refractivity contribution < 1.29 is 0 Å². The highest BCUT2D eigenvalue weighted by Crippen LogP contribution is 2.30. The molecule has 1 aromatic carbocycles. The number of nitrogen functional groups attached to an aromatic ring is 1. The van der Waals surface area contributed by atoms with Gasteiger partial charge in [0.05, 0.1) is 15.7 Å². The maximum atomic E-state index is 6.06. The average Bonchev–Trinajstić information content (AvgIpc) is 2.31. The van der Waals surface area contributed by atoms with E-state index in [1.165, 1.54) is 6.42 Å². The fourth-order valence-electron chi connectivity index (χ4n) is 2.48. The zero-order chi connectivity index (χ0) is 13.3. The lowest BCUT2D eigenvalue weighted by Crippen LogP contribution is -2.37. The molecule has 2 unspecified atom stereocenters. The molecule has 4 heteroatoms. The van der Waals surface area contributed by atoms with Crippen molar-refractivity contribution in [3.8, 4) is 0 Å². The number of halogens is 2. The summed E-state index contributed by atoms with van der Waals surface area (Å²) >= 11 is 12.1. The van der Waals surface area contributed by atoms with Crippen molar-refractivity contribution in [2.45, 2.75) is 26.8 Å². The van der Waals surface area contributed by atoms with E-state index in [1.807, 2.05) is 12.1 Å². The van der Waals surface area contributed by atoms with E-state index in [2.05, 4.69) is 18.7 Å². The highest BCUT2D eigenvalue weighted by molar-refractivity contribution is 6.38. The molecule has 2 atom stereocenters. The van der Waals surface area contributed by atoms with Crippen molar-refractivity contribution in [2.75, 3.05) is 18.8 Å². The molecule has 0 saturated carbocycles. The minimum Gasteiger partial charge on any atom is -0.396 e. The van der Waals surface area contributed by atoms with Crippen LogP contribution < -0.4 is 5.73 Å². The molecular formula is C14H20Cl2N2. The smallest absolute Gasteiger partial charge is 0.0693 e. The Hall–Kier alpha value is -0.440. The molecule has 100 valence electrons. The van der Waals surface area contributed by atoms with Gasteiger partial charge in [0.1, 0.15) is 0 Å². The highest BCUT2D eigenvalue weighted by Gasteiger charge is 2.22. The molecular weight excluding hydrogens is 267 g/mol. The fraction of sp³-hybridized carbons (Fsp3) is 0.571. The van der Waals surface area contributed by atoms with E-state index in [9.17, 15) is 0 Å². The summed E-state index contributed by atoms with van der Waals surface area (Å²) in [4.78, 5) is 2.46. The molecule has 2 N–H and O–H groups in total. The first-order chi connectivity index (χ1) is 8.47. The number of hydrogen-bond acceptors (Lipinski definition) is 2. The van der Waals surface area contributed by atoms with E-state index in [1.54, 1.807) is 0 Å². The topological polar surface area (TPSA) is 29.3 Å². The summed E-state index contributed by atoms with van der Waals surface area (Å²) in [5.41, 5.74) is 7.36. The van der Waals surface area contributed by atoms with Crippen LogP contribution in [0.3, 0.4) is 0 Å². The Kier molecular flexibility index (Phi) is 4.41. The first kappa shape index (κ1) is 14.0. The third-order valence-electron chi connectivity index (χ3n) is 3.96. The number of benzene rings is 1. The molecule has 1 heterocycles. The third-order valence-corrected chi connectivity index (χ3v) is 4.59. The SMILES string of the molecule is CC1CCN(Cc2cc(Cl)c(N)c(Cl)c2)CC1C. The minimum absolute atomic E-state index is 0.475. The average molecular weight is 287 g/mol. The Balaban J connectivity index is 2.06. The molecule has 0 radical (unpaired) electrons. The number of rotatable bonds is 2. The predicted octanol–water partition coefficient (Wildman–Crippen LogP) is 4.05. The van der Waals surface area contributed by atoms with E-state index in [4.69, 9.17) is 28.9 Å². The molecule has 1 aliphatic heterocycles. The van der Waals surface area contributed by atoms with Crippen LogP contribution in [0.4, 0.5) is 5.69 Å². The maximum Gasteiger partial charge on any atom is 0.0693 e. The first-order valence-electron chi connectivity index (χ1n) is 6.43. The van der Waals surface area contributed by atoms with Gasteiger partial charge in [-0.15, -0.1) is 0 Å². The fourth-order valence-corrected chi connectivity index (χ4v) is 3.01. The molecule has 0 aromatic heterocycles. The molecule has 0 aliphatic carbocycles. The lowest BCUT2D eigenvalue weighted by molar-refractivity contribution is 0.132. The van der Waals surface area contributed by atoms with Crippen molar-refractivity contribution in [3.63, 3.8) is 0 Å². The minimum atomic E-state index is 0.475. The van der Waals surface area contributed by atoms with Gasteiger partial charge in [-0.2, -0.15) is 0 Å². The second-order valence-electron chi connectivity index (χ2n) is 5.45. The van der Waals surface area contributed by atoms with Crippen LogP contribution in [-0.2, 0) is 6.54 Å². The standard InChI is InChI=1S/C14H20Cl2N2/c1-9-3-4-18(7-10(9)2)8-11-5-12(15)14(17)13(16)6-11/h5-6,9-10H,3-4,7-8,17H2,1-2H3. The quantitative estimate of drug-likeness (QED) is 0.831. The van der Waals surface area contributed by atoms with Crippen LogP contribution in [0.25, 0.3) is 0 Å². The number of piperidine rings is 1. The van der Waals surface area contributed by atoms with E-state index in [0.717, 1.165) is 37.0 Å². The summed E-state index contributed by atoms with van der Waals surface area (Å²) in [7, 11) is 0. The van der Waals surface area contributed by atoms with E-state index in [-0.39, 0.29) is 0 Å². The largest absolute Gasteiger partial charge is 0.396 e. The normalized spacial score (nSPS) is 25.3. The van der Waals surface area contributed by atoms with Crippen molar-refractivity contribution in [2.24, 2.45) is 11.8 Å². The predicted molar refractivity (Wildman–Crippen MR) is 79.1 cm³/mol. The maximum absolute atomic E-state index is 6.06. The Morgan fingerprint density at radius 1 is 1.22 bits per heavy atom. The Labute approximate surface area is 119 Å². The van der Waals surface area contributed by atoms with Gasteiger partial charge in [-0.3, -0.25) is 4.90 Å². The van der Waals surface area contributed by atoms with E-state index >= 15 is 0 Å². The highest BCUT2D eigenvalue weighted by atomic mass is 35.5. The van der Waals surface area contributed by atoms with Crippen LogP contribution in [0.1, 0.15) is 25.8 Å². The molecule has 2 rings (SSSR count). The summed E-state index contributed by atoms with van der Waals surface area (Å²) < 4.78 is 0. The van der Waals surface area contributed by atoms with E-state index < -0.39 is 0 Å². The van der Waals surface area contributed by atoms with Gasteiger partial charge < -0.3 is 5.73 Å². The van der Waals surface area contributed by atoms with Crippen LogP contribution >= 0.6 is 23.2 Å². The second kappa shape index (κ2) is 5.68. The summed E-state index contributed by atoms with van der Waals surface area (Å²) in [5, 5.41) is 1.10. The van der Waals surface area contributed by atoms with Gasteiger partial charge in [0, 0.05) is 13.1 Å².